The highest BCUT2D eigenvalue weighted by Gasteiger charge is 2.31. The van der Waals surface area contributed by atoms with Crippen LogP contribution in [0.3, 0.4) is 0 Å². The zero-order chi connectivity index (χ0) is 17.3. The first-order chi connectivity index (χ1) is 11.5. The molecular formula is C16H17N3O4S. The van der Waals surface area contributed by atoms with Crippen LogP contribution in [0.5, 0.6) is 11.5 Å². The van der Waals surface area contributed by atoms with E-state index >= 15 is 0 Å². The molecule has 1 aliphatic rings. The maximum absolute atomic E-state index is 12.5. The zero-order valence-corrected chi connectivity index (χ0v) is 14.1. The number of aromatic amines is 1. The highest BCUT2D eigenvalue weighted by Crippen LogP contribution is 2.37. The molecule has 0 saturated heterocycles. The Morgan fingerprint density at radius 2 is 2.21 bits per heavy atom. The third-order valence-electron chi connectivity index (χ3n) is 3.82. The number of nitrogens with zero attached hydrogens (tertiary/aromatic N) is 1. The number of carbonyl (C=O) groups is 1. The minimum Gasteiger partial charge on any atom is -0.504 e. The number of nitrogens with one attached hydrogen (secondary N) is 2. The molecule has 1 atom stereocenters. The number of fused-ring (bicyclic) bond motifs is 1. The Bertz CT molecular complexity index is 850. The lowest BCUT2D eigenvalue weighted by atomic mass is 9.86. The summed E-state index contributed by atoms with van der Waals surface area (Å²) in [6.45, 7) is 1.95. The average Bonchev–Trinajstić information content (AvgIpc) is 2.54. The van der Waals surface area contributed by atoms with E-state index in [2.05, 4.69) is 15.3 Å². The van der Waals surface area contributed by atoms with E-state index in [1.54, 1.807) is 12.1 Å². The fourth-order valence-corrected chi connectivity index (χ4v) is 3.35. The number of aromatic nitrogens is 2. The van der Waals surface area contributed by atoms with Crippen molar-refractivity contribution in [1.29, 1.82) is 0 Å². The number of H-pyrrole nitrogens is 1. The van der Waals surface area contributed by atoms with Crippen molar-refractivity contribution in [2.24, 2.45) is 0 Å². The number of rotatable bonds is 4. The summed E-state index contributed by atoms with van der Waals surface area (Å²) in [4.78, 5) is 31.7. The second-order valence-corrected chi connectivity index (χ2v) is 6.56. The van der Waals surface area contributed by atoms with Gasteiger partial charge in [-0.2, -0.15) is 0 Å². The second kappa shape index (κ2) is 6.56. The molecule has 0 spiro atoms. The van der Waals surface area contributed by atoms with Gasteiger partial charge in [0, 0.05) is 12.3 Å². The van der Waals surface area contributed by atoms with Crippen LogP contribution >= 0.6 is 11.8 Å². The summed E-state index contributed by atoms with van der Waals surface area (Å²) in [5.41, 5.74) is 0.861. The van der Waals surface area contributed by atoms with E-state index in [1.807, 2.05) is 6.92 Å². The number of aromatic hydroxyl groups is 1. The lowest BCUT2D eigenvalue weighted by Gasteiger charge is -2.24. The van der Waals surface area contributed by atoms with Gasteiger partial charge in [-0.3, -0.25) is 9.59 Å². The standard InChI is InChI=1S/C16H17N3O4S/c1-3-24-16-18-14-13(15(22)19-16)9(7-12(21)17-14)8-4-5-10(20)11(6-8)23-2/h4-6,9,20H,3,7H2,1-2H3,(H2,17,18,19,21,22). The van der Waals surface area contributed by atoms with Crippen molar-refractivity contribution in [2.75, 3.05) is 18.2 Å². The van der Waals surface area contributed by atoms with Crippen LogP contribution in [0, 0.1) is 0 Å². The largest absolute Gasteiger partial charge is 0.504 e. The molecule has 0 bridgehead atoms. The highest BCUT2D eigenvalue weighted by molar-refractivity contribution is 7.99. The molecule has 3 N–H and O–H groups in total. The number of hydrogen-bond donors (Lipinski definition) is 3. The van der Waals surface area contributed by atoms with E-state index in [1.165, 1.54) is 24.9 Å². The molecule has 1 aromatic carbocycles. The third kappa shape index (κ3) is 2.96. The van der Waals surface area contributed by atoms with Gasteiger partial charge >= 0.3 is 0 Å². The van der Waals surface area contributed by atoms with E-state index < -0.39 is 5.92 Å². The monoisotopic (exact) mass is 347 g/mol. The molecule has 0 radical (unpaired) electrons. The molecule has 0 aliphatic carbocycles. The van der Waals surface area contributed by atoms with Gasteiger partial charge in [0.2, 0.25) is 5.91 Å². The van der Waals surface area contributed by atoms with E-state index in [0.29, 0.717) is 27.9 Å². The number of benzene rings is 1. The van der Waals surface area contributed by atoms with Gasteiger partial charge in [-0.25, -0.2) is 4.98 Å². The summed E-state index contributed by atoms with van der Waals surface area (Å²) in [6, 6.07) is 4.80. The van der Waals surface area contributed by atoms with Crippen molar-refractivity contribution in [3.05, 3.63) is 39.7 Å². The molecule has 24 heavy (non-hydrogen) atoms. The Morgan fingerprint density at radius 1 is 1.42 bits per heavy atom. The smallest absolute Gasteiger partial charge is 0.257 e. The molecule has 1 amide bonds. The molecule has 2 aromatic rings. The average molecular weight is 347 g/mol. The first kappa shape index (κ1) is 16.4. The maximum atomic E-state index is 12.5. The Labute approximate surface area is 142 Å². The van der Waals surface area contributed by atoms with Crippen molar-refractivity contribution >= 4 is 23.5 Å². The van der Waals surface area contributed by atoms with E-state index in [4.69, 9.17) is 4.74 Å². The fraction of sp³-hybridized carbons (Fsp3) is 0.312. The number of thioether (sulfide) groups is 1. The predicted octanol–water partition coefficient (Wildman–Crippen LogP) is 2.07. The van der Waals surface area contributed by atoms with Gasteiger partial charge in [-0.15, -0.1) is 0 Å². The van der Waals surface area contributed by atoms with Gasteiger partial charge in [0.1, 0.15) is 5.82 Å². The van der Waals surface area contributed by atoms with Crippen LogP contribution in [-0.2, 0) is 4.79 Å². The fourth-order valence-electron chi connectivity index (χ4n) is 2.75. The Morgan fingerprint density at radius 3 is 2.92 bits per heavy atom. The molecule has 0 saturated carbocycles. The first-order valence-corrected chi connectivity index (χ1v) is 8.45. The van der Waals surface area contributed by atoms with E-state index in [0.717, 1.165) is 5.75 Å². The Balaban J connectivity index is 2.12. The lowest BCUT2D eigenvalue weighted by molar-refractivity contribution is -0.116. The summed E-state index contributed by atoms with van der Waals surface area (Å²) in [6.07, 6.45) is 0.131. The lowest BCUT2D eigenvalue weighted by Crippen LogP contribution is -2.31. The van der Waals surface area contributed by atoms with E-state index in [-0.39, 0.29) is 23.6 Å². The number of phenolic OH excluding ortho intramolecular Hbond substituents is 1. The van der Waals surface area contributed by atoms with Crippen molar-refractivity contribution in [3.63, 3.8) is 0 Å². The van der Waals surface area contributed by atoms with Crippen LogP contribution in [-0.4, -0.2) is 33.8 Å². The second-order valence-electron chi connectivity index (χ2n) is 5.30. The van der Waals surface area contributed by atoms with Crippen molar-refractivity contribution in [2.45, 2.75) is 24.4 Å². The minimum atomic E-state index is -0.444. The number of carbonyl (C=O) groups excluding carboxylic acids is 1. The van der Waals surface area contributed by atoms with Gasteiger partial charge < -0.3 is 20.1 Å². The topological polar surface area (TPSA) is 104 Å². The zero-order valence-electron chi connectivity index (χ0n) is 13.3. The molecule has 8 heteroatoms. The Kier molecular flexibility index (Phi) is 4.48. The van der Waals surface area contributed by atoms with Crippen LogP contribution in [0.25, 0.3) is 0 Å². The number of methoxy groups -OCH3 is 1. The SMILES string of the molecule is CCSc1nc2c(c(=O)[nH]1)C(c1ccc(O)c(OC)c1)CC(=O)N2. The number of phenols is 1. The van der Waals surface area contributed by atoms with Crippen LogP contribution in [0.1, 0.15) is 30.4 Å². The Hall–Kier alpha value is -2.48. The summed E-state index contributed by atoms with van der Waals surface area (Å²) >= 11 is 1.40. The van der Waals surface area contributed by atoms with Gasteiger partial charge in [0.25, 0.3) is 5.56 Å². The van der Waals surface area contributed by atoms with E-state index in [9.17, 15) is 14.7 Å². The summed E-state index contributed by atoms with van der Waals surface area (Å²) in [7, 11) is 1.45. The summed E-state index contributed by atoms with van der Waals surface area (Å²) in [5.74, 6) is 0.702. The molecule has 7 nitrogen and oxygen atoms in total. The normalized spacial score (nSPS) is 16.4. The van der Waals surface area contributed by atoms with Crippen molar-refractivity contribution in [1.82, 2.24) is 9.97 Å². The number of anilines is 1. The number of ether oxygens (including phenoxy) is 1. The highest BCUT2D eigenvalue weighted by atomic mass is 32.2. The molecule has 1 aliphatic heterocycles. The molecule has 1 unspecified atom stereocenters. The first-order valence-electron chi connectivity index (χ1n) is 7.47. The molecule has 0 fully saturated rings. The van der Waals surface area contributed by atoms with Crippen LogP contribution in [0.15, 0.2) is 28.2 Å². The maximum Gasteiger partial charge on any atom is 0.257 e. The number of amides is 1. The van der Waals surface area contributed by atoms with Crippen LogP contribution < -0.4 is 15.6 Å². The molecule has 3 rings (SSSR count). The van der Waals surface area contributed by atoms with Crippen molar-refractivity contribution < 1.29 is 14.6 Å². The van der Waals surface area contributed by atoms with Crippen LogP contribution in [0.4, 0.5) is 5.82 Å². The number of hydrogen-bond acceptors (Lipinski definition) is 6. The minimum absolute atomic E-state index is 0.00321. The summed E-state index contributed by atoms with van der Waals surface area (Å²) in [5, 5.41) is 12.9. The molecule has 1 aromatic heterocycles. The quantitative estimate of drug-likeness (QED) is 0.578. The molecule has 2 heterocycles. The van der Waals surface area contributed by atoms with Crippen molar-refractivity contribution in [3.8, 4) is 11.5 Å². The van der Waals surface area contributed by atoms with Gasteiger partial charge in [0.15, 0.2) is 16.7 Å². The van der Waals surface area contributed by atoms with Gasteiger partial charge in [0.05, 0.1) is 12.7 Å². The van der Waals surface area contributed by atoms with Gasteiger partial charge in [-0.05, 0) is 23.4 Å². The van der Waals surface area contributed by atoms with Crippen LogP contribution in [0.2, 0.25) is 0 Å². The molecule has 126 valence electrons. The third-order valence-corrected chi connectivity index (χ3v) is 4.57. The van der Waals surface area contributed by atoms with Gasteiger partial charge in [-0.1, -0.05) is 24.8 Å². The molecular weight excluding hydrogens is 330 g/mol. The predicted molar refractivity (Wildman–Crippen MR) is 91.0 cm³/mol. The summed E-state index contributed by atoms with van der Waals surface area (Å²) < 4.78 is 5.12.